The Morgan fingerprint density at radius 3 is 2.65 bits per heavy atom. The molecule has 172 valence electrons. The highest BCUT2D eigenvalue weighted by atomic mass is 19.1. The van der Waals surface area contributed by atoms with Crippen molar-refractivity contribution in [3.05, 3.63) is 82.2 Å². The highest BCUT2D eigenvalue weighted by Gasteiger charge is 2.23. The number of hydrogen-bond donors (Lipinski definition) is 1. The number of oxazole rings is 1. The van der Waals surface area contributed by atoms with Crippen LogP contribution in [0, 0.1) is 15.9 Å². The van der Waals surface area contributed by atoms with Crippen LogP contribution in [0.3, 0.4) is 0 Å². The van der Waals surface area contributed by atoms with Crippen molar-refractivity contribution in [3.63, 3.8) is 0 Å². The van der Waals surface area contributed by atoms with Gasteiger partial charge in [-0.1, -0.05) is 12.1 Å². The van der Waals surface area contributed by atoms with Crippen LogP contribution in [0.1, 0.15) is 10.4 Å². The van der Waals surface area contributed by atoms with Gasteiger partial charge in [-0.05, 0) is 42.5 Å². The van der Waals surface area contributed by atoms with Crippen LogP contribution >= 0.6 is 0 Å². The summed E-state index contributed by atoms with van der Waals surface area (Å²) in [4.78, 5) is 30.2. The number of aromatic nitrogens is 1. The van der Waals surface area contributed by atoms with Crippen molar-refractivity contribution in [3.8, 4) is 11.5 Å². The zero-order chi connectivity index (χ0) is 23.7. The van der Waals surface area contributed by atoms with E-state index in [4.69, 9.17) is 9.15 Å². The molecule has 1 aliphatic rings. The number of ether oxygens (including phenoxy) is 1. The number of nitro benzene ring substituents is 1. The number of benzene rings is 3. The van der Waals surface area contributed by atoms with Gasteiger partial charge < -0.3 is 19.4 Å². The number of morpholine rings is 1. The summed E-state index contributed by atoms with van der Waals surface area (Å²) in [6.45, 7) is 2.06. The molecule has 0 atom stereocenters. The van der Waals surface area contributed by atoms with Crippen molar-refractivity contribution in [2.45, 2.75) is 0 Å². The molecule has 4 aromatic rings. The number of anilines is 2. The van der Waals surface area contributed by atoms with Crippen molar-refractivity contribution in [2.24, 2.45) is 0 Å². The third-order valence-electron chi connectivity index (χ3n) is 5.54. The predicted octanol–water partition coefficient (Wildman–Crippen LogP) is 4.63. The number of nitro groups is 1. The van der Waals surface area contributed by atoms with Crippen molar-refractivity contribution in [1.82, 2.24) is 4.98 Å². The van der Waals surface area contributed by atoms with Gasteiger partial charge in [-0.2, -0.15) is 0 Å². The normalized spacial score (nSPS) is 13.7. The molecule has 1 aliphatic heterocycles. The molecular weight excluding hydrogens is 443 g/mol. The molecule has 5 rings (SSSR count). The molecule has 3 aromatic carbocycles. The number of amides is 1. The van der Waals surface area contributed by atoms with E-state index in [-0.39, 0.29) is 22.7 Å². The van der Waals surface area contributed by atoms with E-state index in [0.29, 0.717) is 48.8 Å². The van der Waals surface area contributed by atoms with Crippen LogP contribution in [0.2, 0.25) is 0 Å². The van der Waals surface area contributed by atoms with E-state index in [1.807, 2.05) is 4.90 Å². The molecule has 0 bridgehead atoms. The summed E-state index contributed by atoms with van der Waals surface area (Å²) in [5.41, 5.74) is 1.98. The maximum atomic E-state index is 14.1. The number of carbonyl (C=O) groups excluding carboxylic acids is 1. The fourth-order valence-electron chi connectivity index (χ4n) is 3.84. The Labute approximate surface area is 192 Å². The zero-order valence-electron chi connectivity index (χ0n) is 17.9. The first kappa shape index (κ1) is 21.5. The highest BCUT2D eigenvalue weighted by molar-refractivity contribution is 6.05. The molecule has 34 heavy (non-hydrogen) atoms. The fraction of sp³-hybridized carbons (Fsp3) is 0.167. The molecule has 1 fully saturated rings. The van der Waals surface area contributed by atoms with Crippen LogP contribution in [0.15, 0.2) is 65.1 Å². The first-order valence-electron chi connectivity index (χ1n) is 10.6. The van der Waals surface area contributed by atoms with Gasteiger partial charge in [0, 0.05) is 30.4 Å². The maximum Gasteiger partial charge on any atom is 0.293 e. The minimum Gasteiger partial charge on any atom is -0.436 e. The topological polar surface area (TPSA) is 111 Å². The van der Waals surface area contributed by atoms with E-state index in [1.54, 1.807) is 48.5 Å². The number of rotatable bonds is 5. The van der Waals surface area contributed by atoms with Crippen LogP contribution in [-0.4, -0.2) is 42.1 Å². The van der Waals surface area contributed by atoms with Crippen LogP contribution in [0.25, 0.3) is 22.6 Å². The summed E-state index contributed by atoms with van der Waals surface area (Å²) in [5, 5.41) is 14.4. The van der Waals surface area contributed by atoms with Crippen LogP contribution < -0.4 is 10.2 Å². The standard InChI is InChI=1S/C24H19FN4O5/c25-18-4-2-1-3-17(18)24-27-19-14-16(6-8-22(19)34-24)26-23(30)15-5-7-20(21(13-15)29(31)32)28-9-11-33-12-10-28/h1-8,13-14H,9-12H2,(H,26,30). The summed E-state index contributed by atoms with van der Waals surface area (Å²) in [6, 6.07) is 15.4. The van der Waals surface area contributed by atoms with Crippen molar-refractivity contribution in [1.29, 1.82) is 0 Å². The molecule has 1 amide bonds. The molecule has 9 nitrogen and oxygen atoms in total. The smallest absolute Gasteiger partial charge is 0.293 e. The molecule has 0 spiro atoms. The van der Waals surface area contributed by atoms with E-state index in [2.05, 4.69) is 10.3 Å². The number of nitrogens with one attached hydrogen (secondary N) is 1. The summed E-state index contributed by atoms with van der Waals surface area (Å²) < 4.78 is 25.0. The van der Waals surface area contributed by atoms with E-state index in [9.17, 15) is 19.3 Å². The third-order valence-corrected chi connectivity index (χ3v) is 5.54. The van der Waals surface area contributed by atoms with E-state index in [0.717, 1.165) is 0 Å². The molecule has 0 saturated carbocycles. The Morgan fingerprint density at radius 1 is 1.09 bits per heavy atom. The first-order chi connectivity index (χ1) is 16.5. The van der Waals surface area contributed by atoms with Crippen molar-refractivity contribution < 1.29 is 23.3 Å². The Balaban J connectivity index is 1.39. The van der Waals surface area contributed by atoms with Gasteiger partial charge in [0.25, 0.3) is 11.6 Å². The Bertz CT molecular complexity index is 1400. The number of carbonyl (C=O) groups is 1. The summed E-state index contributed by atoms with van der Waals surface area (Å²) in [6.07, 6.45) is 0. The second-order valence-corrected chi connectivity index (χ2v) is 7.70. The minimum absolute atomic E-state index is 0.130. The molecule has 2 heterocycles. The van der Waals surface area contributed by atoms with Gasteiger partial charge in [-0.25, -0.2) is 9.37 Å². The van der Waals surface area contributed by atoms with Crippen LogP contribution in [0.4, 0.5) is 21.5 Å². The summed E-state index contributed by atoms with van der Waals surface area (Å²) in [5.74, 6) is -0.829. The molecule has 1 aromatic heterocycles. The average molecular weight is 462 g/mol. The Kier molecular flexibility index (Phi) is 5.64. The van der Waals surface area contributed by atoms with Crippen LogP contribution in [0.5, 0.6) is 0 Å². The SMILES string of the molecule is O=C(Nc1ccc2oc(-c3ccccc3F)nc2c1)c1ccc(N2CCOCC2)c([N+](=O)[O-])c1. The van der Waals surface area contributed by atoms with Gasteiger partial charge in [0.1, 0.15) is 17.0 Å². The molecule has 0 radical (unpaired) electrons. The molecular formula is C24H19FN4O5. The second-order valence-electron chi connectivity index (χ2n) is 7.70. The molecule has 0 unspecified atom stereocenters. The average Bonchev–Trinajstić information content (AvgIpc) is 3.27. The Hall–Kier alpha value is -4.31. The number of hydrogen-bond acceptors (Lipinski definition) is 7. The van der Waals surface area contributed by atoms with Crippen molar-refractivity contribution in [2.75, 3.05) is 36.5 Å². The minimum atomic E-state index is -0.506. The highest BCUT2D eigenvalue weighted by Crippen LogP contribution is 2.31. The lowest BCUT2D eigenvalue weighted by molar-refractivity contribution is -0.384. The lowest BCUT2D eigenvalue weighted by Crippen LogP contribution is -2.36. The van der Waals surface area contributed by atoms with Gasteiger partial charge >= 0.3 is 0 Å². The van der Waals surface area contributed by atoms with Crippen molar-refractivity contribution >= 4 is 34.1 Å². The number of fused-ring (bicyclic) bond motifs is 1. The predicted molar refractivity (Wildman–Crippen MR) is 123 cm³/mol. The van der Waals surface area contributed by atoms with Gasteiger partial charge in [0.2, 0.25) is 5.89 Å². The summed E-state index contributed by atoms with van der Waals surface area (Å²) in [7, 11) is 0. The largest absolute Gasteiger partial charge is 0.436 e. The molecule has 0 aliphatic carbocycles. The lowest BCUT2D eigenvalue weighted by Gasteiger charge is -2.28. The molecule has 10 heteroatoms. The Morgan fingerprint density at radius 2 is 1.88 bits per heavy atom. The monoisotopic (exact) mass is 462 g/mol. The summed E-state index contributed by atoms with van der Waals surface area (Å²) >= 11 is 0. The van der Waals surface area contributed by atoms with Gasteiger partial charge in [0.15, 0.2) is 5.58 Å². The quantitative estimate of drug-likeness (QED) is 0.340. The molecule has 1 N–H and O–H groups in total. The zero-order valence-corrected chi connectivity index (χ0v) is 17.9. The first-order valence-corrected chi connectivity index (χ1v) is 10.6. The fourth-order valence-corrected chi connectivity index (χ4v) is 3.84. The number of nitrogens with zero attached hydrogens (tertiary/aromatic N) is 3. The molecule has 1 saturated heterocycles. The lowest BCUT2D eigenvalue weighted by atomic mass is 10.1. The van der Waals surface area contributed by atoms with E-state index in [1.165, 1.54) is 12.1 Å². The number of halogens is 1. The van der Waals surface area contributed by atoms with Gasteiger partial charge in [-0.15, -0.1) is 0 Å². The van der Waals surface area contributed by atoms with E-state index >= 15 is 0 Å². The third kappa shape index (κ3) is 4.18. The van der Waals surface area contributed by atoms with Crippen LogP contribution in [-0.2, 0) is 4.74 Å². The second kappa shape index (κ2) is 8.91. The van der Waals surface area contributed by atoms with Gasteiger partial charge in [0.05, 0.1) is 23.7 Å². The maximum absolute atomic E-state index is 14.1. The van der Waals surface area contributed by atoms with Gasteiger partial charge in [-0.3, -0.25) is 14.9 Å². The van der Waals surface area contributed by atoms with E-state index < -0.39 is 16.6 Å².